The summed E-state index contributed by atoms with van der Waals surface area (Å²) in [5, 5.41) is 3.83. The van der Waals surface area contributed by atoms with Crippen LogP contribution in [0, 0.1) is 17.5 Å². The van der Waals surface area contributed by atoms with Gasteiger partial charge in [0.15, 0.2) is 0 Å². The zero-order valence-corrected chi connectivity index (χ0v) is 14.4. The Balaban J connectivity index is 1.47. The molecule has 0 amide bonds. The zero-order valence-electron chi connectivity index (χ0n) is 14.4. The van der Waals surface area contributed by atoms with Crippen molar-refractivity contribution in [2.75, 3.05) is 0 Å². The van der Waals surface area contributed by atoms with E-state index in [-0.39, 0.29) is 23.1 Å². The molecular weight excluding hydrogens is 369 g/mol. The van der Waals surface area contributed by atoms with Crippen molar-refractivity contribution in [1.82, 2.24) is 10.1 Å². The van der Waals surface area contributed by atoms with E-state index in [1.807, 2.05) is 0 Å². The molecular formula is C21H13F3N2O2. The molecule has 0 aliphatic heterocycles. The fourth-order valence-electron chi connectivity index (χ4n) is 2.56. The molecule has 0 spiro atoms. The molecule has 0 fully saturated rings. The summed E-state index contributed by atoms with van der Waals surface area (Å²) in [5.41, 5.74) is 1.51. The van der Waals surface area contributed by atoms with Crippen LogP contribution in [0.4, 0.5) is 13.2 Å². The van der Waals surface area contributed by atoms with Crippen LogP contribution in [0.5, 0.6) is 5.75 Å². The molecule has 0 atom stereocenters. The molecule has 0 saturated carbocycles. The summed E-state index contributed by atoms with van der Waals surface area (Å²) in [6.07, 6.45) is 0. The largest absolute Gasteiger partial charge is 0.489 e. The highest BCUT2D eigenvalue weighted by Gasteiger charge is 2.15. The first-order valence-electron chi connectivity index (χ1n) is 8.35. The van der Waals surface area contributed by atoms with Gasteiger partial charge in [0, 0.05) is 11.6 Å². The first kappa shape index (κ1) is 17.8. The highest BCUT2D eigenvalue weighted by atomic mass is 19.1. The average molecular weight is 382 g/mol. The normalized spacial score (nSPS) is 10.8. The molecule has 4 aromatic rings. The Morgan fingerprint density at radius 1 is 0.821 bits per heavy atom. The molecule has 0 saturated heterocycles. The predicted octanol–water partition coefficient (Wildman–Crippen LogP) is 5.40. The number of hydrogen-bond donors (Lipinski definition) is 0. The van der Waals surface area contributed by atoms with Gasteiger partial charge in [-0.15, -0.1) is 0 Å². The second-order valence-corrected chi connectivity index (χ2v) is 5.99. The van der Waals surface area contributed by atoms with Gasteiger partial charge in [0.1, 0.15) is 29.8 Å². The second-order valence-electron chi connectivity index (χ2n) is 5.99. The third-order valence-electron chi connectivity index (χ3n) is 4.02. The molecule has 3 aromatic carbocycles. The number of halogens is 3. The molecule has 4 rings (SSSR count). The van der Waals surface area contributed by atoms with E-state index in [1.54, 1.807) is 36.4 Å². The Morgan fingerprint density at radius 3 is 2.25 bits per heavy atom. The van der Waals surface area contributed by atoms with Crippen LogP contribution in [0.25, 0.3) is 22.8 Å². The van der Waals surface area contributed by atoms with Gasteiger partial charge in [-0.2, -0.15) is 4.98 Å². The molecule has 0 aliphatic carbocycles. The lowest BCUT2D eigenvalue weighted by Crippen LogP contribution is -1.95. The molecule has 140 valence electrons. The summed E-state index contributed by atoms with van der Waals surface area (Å²) in [4.78, 5) is 4.16. The quantitative estimate of drug-likeness (QED) is 0.464. The number of aromatic nitrogens is 2. The lowest BCUT2D eigenvalue weighted by molar-refractivity contribution is 0.306. The maximum atomic E-state index is 13.8. The van der Waals surface area contributed by atoms with Crippen LogP contribution < -0.4 is 4.74 Å². The zero-order chi connectivity index (χ0) is 19.5. The summed E-state index contributed by atoms with van der Waals surface area (Å²) in [7, 11) is 0. The molecule has 0 radical (unpaired) electrons. The lowest BCUT2D eigenvalue weighted by Gasteiger charge is -2.06. The molecule has 1 aromatic heterocycles. The lowest BCUT2D eigenvalue weighted by atomic mass is 10.2. The Bertz CT molecular complexity index is 1090. The molecule has 1 heterocycles. The van der Waals surface area contributed by atoms with Crippen molar-refractivity contribution >= 4 is 0 Å². The van der Waals surface area contributed by atoms with Crippen molar-refractivity contribution in [2.45, 2.75) is 6.61 Å². The van der Waals surface area contributed by atoms with Gasteiger partial charge in [-0.25, -0.2) is 13.2 Å². The van der Waals surface area contributed by atoms with Gasteiger partial charge < -0.3 is 9.26 Å². The highest BCUT2D eigenvalue weighted by Crippen LogP contribution is 2.26. The molecule has 0 aliphatic rings. The number of rotatable bonds is 5. The third kappa shape index (κ3) is 3.88. The topological polar surface area (TPSA) is 48.2 Å². The second kappa shape index (κ2) is 7.56. The number of benzene rings is 3. The van der Waals surface area contributed by atoms with E-state index >= 15 is 0 Å². The van der Waals surface area contributed by atoms with Crippen LogP contribution in [0.1, 0.15) is 5.56 Å². The summed E-state index contributed by atoms with van der Waals surface area (Å²) < 4.78 is 50.5. The monoisotopic (exact) mass is 382 g/mol. The van der Waals surface area contributed by atoms with Crippen molar-refractivity contribution in [3.05, 3.63) is 89.7 Å². The standard InChI is InChI=1S/C21H13F3N2O2/c22-15-5-1-13(2-6-15)12-27-17-8-3-14(4-9-17)20-25-21(28-26-20)18-10-7-16(23)11-19(18)24/h1-11H,12H2. The van der Waals surface area contributed by atoms with Gasteiger partial charge in [-0.1, -0.05) is 17.3 Å². The number of hydrogen-bond acceptors (Lipinski definition) is 4. The number of nitrogens with zero attached hydrogens (tertiary/aromatic N) is 2. The van der Waals surface area contributed by atoms with E-state index in [0.717, 1.165) is 17.7 Å². The van der Waals surface area contributed by atoms with E-state index in [1.165, 1.54) is 18.2 Å². The van der Waals surface area contributed by atoms with Gasteiger partial charge in [-0.3, -0.25) is 0 Å². The van der Waals surface area contributed by atoms with Crippen molar-refractivity contribution < 1.29 is 22.4 Å². The predicted molar refractivity (Wildman–Crippen MR) is 95.8 cm³/mol. The smallest absolute Gasteiger partial charge is 0.261 e. The van der Waals surface area contributed by atoms with Crippen LogP contribution in [0.15, 0.2) is 71.3 Å². The van der Waals surface area contributed by atoms with Gasteiger partial charge in [0.05, 0.1) is 5.56 Å². The van der Waals surface area contributed by atoms with E-state index in [2.05, 4.69) is 10.1 Å². The minimum atomic E-state index is -0.778. The third-order valence-corrected chi connectivity index (χ3v) is 4.02. The number of ether oxygens (including phenoxy) is 1. The molecule has 7 heteroatoms. The van der Waals surface area contributed by atoms with Crippen molar-refractivity contribution in [3.63, 3.8) is 0 Å². The summed E-state index contributed by atoms with van der Waals surface area (Å²) in [5.74, 6) is -0.917. The SMILES string of the molecule is Fc1ccc(COc2ccc(-c3noc(-c4ccc(F)cc4F)n3)cc2)cc1. The average Bonchev–Trinajstić information content (AvgIpc) is 3.18. The summed E-state index contributed by atoms with van der Waals surface area (Å²) in [6.45, 7) is 0.301. The van der Waals surface area contributed by atoms with Crippen molar-refractivity contribution in [3.8, 4) is 28.6 Å². The fraction of sp³-hybridized carbons (Fsp3) is 0.0476. The summed E-state index contributed by atoms with van der Waals surface area (Å²) >= 11 is 0. The van der Waals surface area contributed by atoms with Crippen LogP contribution in [0.2, 0.25) is 0 Å². The van der Waals surface area contributed by atoms with Crippen molar-refractivity contribution in [2.24, 2.45) is 0 Å². The minimum Gasteiger partial charge on any atom is -0.489 e. The maximum Gasteiger partial charge on any atom is 0.261 e. The molecule has 4 nitrogen and oxygen atoms in total. The van der Waals surface area contributed by atoms with Gasteiger partial charge in [0.2, 0.25) is 5.82 Å². The van der Waals surface area contributed by atoms with E-state index in [9.17, 15) is 13.2 Å². The van der Waals surface area contributed by atoms with Gasteiger partial charge >= 0.3 is 0 Å². The summed E-state index contributed by atoms with van der Waals surface area (Å²) in [6, 6.07) is 16.1. The van der Waals surface area contributed by atoms with Crippen LogP contribution in [-0.2, 0) is 6.61 Å². The van der Waals surface area contributed by atoms with E-state index < -0.39 is 11.6 Å². The minimum absolute atomic E-state index is 0.0272. The molecule has 0 unspecified atom stereocenters. The van der Waals surface area contributed by atoms with Gasteiger partial charge in [-0.05, 0) is 54.1 Å². The first-order chi connectivity index (χ1) is 13.6. The Labute approximate surface area is 158 Å². The Hall–Kier alpha value is -3.61. The Kier molecular flexibility index (Phi) is 4.80. The van der Waals surface area contributed by atoms with Crippen molar-refractivity contribution in [1.29, 1.82) is 0 Å². The Morgan fingerprint density at radius 2 is 1.54 bits per heavy atom. The van der Waals surface area contributed by atoms with E-state index in [0.29, 0.717) is 17.9 Å². The van der Waals surface area contributed by atoms with Crippen LogP contribution >= 0.6 is 0 Å². The molecule has 0 bridgehead atoms. The van der Waals surface area contributed by atoms with E-state index in [4.69, 9.17) is 9.26 Å². The maximum absolute atomic E-state index is 13.8. The highest BCUT2D eigenvalue weighted by molar-refractivity contribution is 5.60. The fourth-order valence-corrected chi connectivity index (χ4v) is 2.56. The van der Waals surface area contributed by atoms with Crippen LogP contribution in [-0.4, -0.2) is 10.1 Å². The molecule has 0 N–H and O–H groups in total. The van der Waals surface area contributed by atoms with Crippen LogP contribution in [0.3, 0.4) is 0 Å². The molecule has 28 heavy (non-hydrogen) atoms. The first-order valence-corrected chi connectivity index (χ1v) is 8.35. The van der Waals surface area contributed by atoms with Gasteiger partial charge in [0.25, 0.3) is 5.89 Å².